The summed E-state index contributed by atoms with van der Waals surface area (Å²) >= 11 is 12.3. The molecule has 0 aliphatic carbocycles. The molecule has 0 spiro atoms. The molecule has 2 fully saturated rings. The van der Waals surface area contributed by atoms with Crippen molar-refractivity contribution in [2.24, 2.45) is 0 Å². The highest BCUT2D eigenvalue weighted by atomic mass is 35.5. The van der Waals surface area contributed by atoms with E-state index in [9.17, 15) is 0 Å². The number of aromatic nitrogens is 2. The molecule has 2 aliphatic rings. The minimum Gasteiger partial charge on any atom is -0.378 e. The predicted molar refractivity (Wildman–Crippen MR) is 153 cm³/mol. The van der Waals surface area contributed by atoms with Crippen LogP contribution in [0.2, 0.25) is 5.02 Å². The summed E-state index contributed by atoms with van der Waals surface area (Å²) in [7, 11) is 0. The number of aryl methyl sites for hydroxylation is 1. The Kier molecular flexibility index (Phi) is 6.59. The monoisotopic (exact) mass is 529 g/mol. The van der Waals surface area contributed by atoms with Crippen molar-refractivity contribution in [3.05, 3.63) is 107 Å². The van der Waals surface area contributed by atoms with Crippen LogP contribution in [-0.2, 0) is 4.74 Å². The highest BCUT2D eigenvalue weighted by Crippen LogP contribution is 2.42. The van der Waals surface area contributed by atoms with E-state index in [1.807, 2.05) is 31.3 Å². The Bertz CT molecular complexity index is 1400. The number of hydrogen-bond acceptors (Lipinski definition) is 4. The highest BCUT2D eigenvalue weighted by Gasteiger charge is 2.42. The molecule has 188 valence electrons. The van der Waals surface area contributed by atoms with E-state index in [2.05, 4.69) is 80.5 Å². The Morgan fingerprint density at radius 2 is 1.70 bits per heavy atom. The molecular formula is C29H28ClN5OS. The van der Waals surface area contributed by atoms with Gasteiger partial charge in [0.05, 0.1) is 24.9 Å². The first-order valence-electron chi connectivity index (χ1n) is 12.5. The van der Waals surface area contributed by atoms with Crippen LogP contribution in [0.15, 0.2) is 85.2 Å². The SMILES string of the molecule is Cc1cc(-n2cccc2C2C(c3ccccn3)NC(=S)N2c2ccc(N3CCOCC3)cc2)ccc1Cl. The van der Waals surface area contributed by atoms with Gasteiger partial charge in [0.15, 0.2) is 5.11 Å². The van der Waals surface area contributed by atoms with Gasteiger partial charge < -0.3 is 24.4 Å². The summed E-state index contributed by atoms with van der Waals surface area (Å²) in [6.07, 6.45) is 3.92. The van der Waals surface area contributed by atoms with Crippen molar-refractivity contribution in [1.29, 1.82) is 0 Å². The molecular weight excluding hydrogens is 502 g/mol. The average molecular weight is 530 g/mol. The molecule has 2 aromatic carbocycles. The van der Waals surface area contributed by atoms with Gasteiger partial charge in [-0.1, -0.05) is 17.7 Å². The number of thiocarbonyl (C=S) groups is 1. The van der Waals surface area contributed by atoms with Gasteiger partial charge >= 0.3 is 0 Å². The molecule has 6 rings (SSSR count). The van der Waals surface area contributed by atoms with E-state index in [1.165, 1.54) is 5.69 Å². The van der Waals surface area contributed by atoms with Gasteiger partial charge in [-0.25, -0.2) is 0 Å². The van der Waals surface area contributed by atoms with Crippen LogP contribution < -0.4 is 15.1 Å². The molecule has 37 heavy (non-hydrogen) atoms. The van der Waals surface area contributed by atoms with Gasteiger partial charge in [-0.05, 0) is 91.4 Å². The summed E-state index contributed by atoms with van der Waals surface area (Å²) in [5, 5.41) is 5.01. The molecule has 2 unspecified atom stereocenters. The van der Waals surface area contributed by atoms with E-state index >= 15 is 0 Å². The maximum absolute atomic E-state index is 6.34. The summed E-state index contributed by atoms with van der Waals surface area (Å²) in [4.78, 5) is 9.26. The second-order valence-corrected chi connectivity index (χ2v) is 10.1. The van der Waals surface area contributed by atoms with E-state index in [0.717, 1.165) is 59.7 Å². The van der Waals surface area contributed by atoms with Crippen molar-refractivity contribution in [3.8, 4) is 5.69 Å². The van der Waals surface area contributed by atoms with Gasteiger partial charge in [-0.2, -0.15) is 0 Å². The summed E-state index contributed by atoms with van der Waals surface area (Å²) in [6.45, 7) is 5.36. The molecule has 4 aromatic rings. The molecule has 2 saturated heterocycles. The minimum atomic E-state index is -0.116. The van der Waals surface area contributed by atoms with Gasteiger partial charge in [-0.3, -0.25) is 4.98 Å². The zero-order chi connectivity index (χ0) is 25.4. The number of benzene rings is 2. The third-order valence-electron chi connectivity index (χ3n) is 7.11. The Balaban J connectivity index is 1.42. The van der Waals surface area contributed by atoms with Crippen molar-refractivity contribution >= 4 is 40.3 Å². The van der Waals surface area contributed by atoms with Crippen LogP contribution in [0.5, 0.6) is 0 Å². The van der Waals surface area contributed by atoms with E-state index < -0.39 is 0 Å². The van der Waals surface area contributed by atoms with Crippen LogP contribution in [0.25, 0.3) is 5.69 Å². The standard InChI is InChI=1S/C29H28ClN5OS/c1-20-19-23(11-12-24(20)30)34-14-4-6-26(34)28-27(25-5-2-3-13-31-25)32-29(37)35(28)22-9-7-21(8-10-22)33-15-17-36-18-16-33/h2-14,19,27-28H,15-18H2,1H3,(H,32,37). The van der Waals surface area contributed by atoms with Crippen LogP contribution in [0.3, 0.4) is 0 Å². The molecule has 4 heterocycles. The maximum Gasteiger partial charge on any atom is 0.174 e. The molecule has 2 aliphatic heterocycles. The van der Waals surface area contributed by atoms with E-state index in [0.29, 0.717) is 5.11 Å². The molecule has 8 heteroatoms. The van der Waals surface area contributed by atoms with Crippen LogP contribution in [0, 0.1) is 6.92 Å². The second-order valence-electron chi connectivity index (χ2n) is 9.35. The Hall–Kier alpha value is -3.39. The van der Waals surface area contributed by atoms with Gasteiger partial charge in [-0.15, -0.1) is 0 Å². The highest BCUT2D eigenvalue weighted by molar-refractivity contribution is 7.80. The van der Waals surface area contributed by atoms with Crippen molar-refractivity contribution in [3.63, 3.8) is 0 Å². The van der Waals surface area contributed by atoms with Crippen LogP contribution in [0.4, 0.5) is 11.4 Å². The van der Waals surface area contributed by atoms with E-state index in [1.54, 1.807) is 0 Å². The molecule has 0 amide bonds. The molecule has 6 nitrogen and oxygen atoms in total. The van der Waals surface area contributed by atoms with Crippen LogP contribution in [-0.4, -0.2) is 41.0 Å². The summed E-state index contributed by atoms with van der Waals surface area (Å²) in [5.41, 5.74) is 6.39. The van der Waals surface area contributed by atoms with E-state index in [4.69, 9.17) is 33.5 Å². The van der Waals surface area contributed by atoms with Crippen molar-refractivity contribution in [2.75, 3.05) is 36.1 Å². The lowest BCUT2D eigenvalue weighted by Gasteiger charge is -2.31. The summed E-state index contributed by atoms with van der Waals surface area (Å²) in [6, 6.07) is 24.8. The fraction of sp³-hybridized carbons (Fsp3) is 0.241. The van der Waals surface area contributed by atoms with Gasteiger partial charge in [0.1, 0.15) is 6.04 Å². The molecule has 0 radical (unpaired) electrons. The van der Waals surface area contributed by atoms with Crippen molar-refractivity contribution in [1.82, 2.24) is 14.9 Å². The first kappa shape index (κ1) is 24.0. The molecule has 0 bridgehead atoms. The summed E-state index contributed by atoms with van der Waals surface area (Å²) < 4.78 is 7.74. The summed E-state index contributed by atoms with van der Waals surface area (Å²) in [5.74, 6) is 0. The second kappa shape index (κ2) is 10.2. The zero-order valence-corrected chi connectivity index (χ0v) is 22.1. The minimum absolute atomic E-state index is 0.109. The zero-order valence-electron chi connectivity index (χ0n) is 20.5. The van der Waals surface area contributed by atoms with Gasteiger partial charge in [0, 0.05) is 53.3 Å². The fourth-order valence-corrected chi connectivity index (χ4v) is 5.69. The number of rotatable bonds is 5. The lowest BCUT2D eigenvalue weighted by atomic mass is 10.0. The topological polar surface area (TPSA) is 45.6 Å². The average Bonchev–Trinajstić information content (AvgIpc) is 3.56. The smallest absolute Gasteiger partial charge is 0.174 e. The third kappa shape index (κ3) is 4.59. The molecule has 1 N–H and O–H groups in total. The van der Waals surface area contributed by atoms with Gasteiger partial charge in [0.2, 0.25) is 0 Å². The number of pyridine rings is 1. The lowest BCUT2D eigenvalue weighted by Crippen LogP contribution is -2.36. The number of nitrogens with one attached hydrogen (secondary N) is 1. The van der Waals surface area contributed by atoms with Crippen LogP contribution >= 0.6 is 23.8 Å². The van der Waals surface area contributed by atoms with Crippen molar-refractivity contribution in [2.45, 2.75) is 19.0 Å². The number of hydrogen-bond donors (Lipinski definition) is 1. The molecule has 2 aromatic heterocycles. The first-order valence-corrected chi connectivity index (χ1v) is 13.3. The molecule has 2 atom stereocenters. The Morgan fingerprint density at radius 1 is 0.946 bits per heavy atom. The quantitative estimate of drug-likeness (QED) is 0.327. The lowest BCUT2D eigenvalue weighted by molar-refractivity contribution is 0.122. The van der Waals surface area contributed by atoms with Crippen LogP contribution in [0.1, 0.15) is 29.0 Å². The van der Waals surface area contributed by atoms with E-state index in [-0.39, 0.29) is 12.1 Å². The third-order valence-corrected chi connectivity index (χ3v) is 7.84. The maximum atomic E-state index is 6.34. The number of anilines is 2. The number of ether oxygens (including phenoxy) is 1. The van der Waals surface area contributed by atoms with Gasteiger partial charge in [0.25, 0.3) is 0 Å². The normalized spacial score (nSPS) is 19.8. The number of nitrogens with zero attached hydrogens (tertiary/aromatic N) is 4. The molecule has 0 saturated carbocycles. The largest absolute Gasteiger partial charge is 0.378 e. The predicted octanol–water partition coefficient (Wildman–Crippen LogP) is 5.85. The number of halogens is 1. The van der Waals surface area contributed by atoms with Crippen molar-refractivity contribution < 1.29 is 4.74 Å². The Labute approximate surface area is 227 Å². The number of morpholine rings is 1. The fourth-order valence-electron chi connectivity index (χ4n) is 5.23. The Morgan fingerprint density at radius 3 is 2.43 bits per heavy atom. The first-order chi connectivity index (χ1) is 18.1.